The molecule has 0 saturated carbocycles. The molecule has 0 unspecified atom stereocenters. The third-order valence-electron chi connectivity index (χ3n) is 2.37. The molecule has 1 aromatic heterocycles. The molecule has 2 N–H and O–H groups in total. The molecule has 0 aliphatic carbocycles. The lowest BCUT2D eigenvalue weighted by Gasteiger charge is -2.06. The average Bonchev–Trinajstić information content (AvgIpc) is 2.60. The van der Waals surface area contributed by atoms with Gasteiger partial charge in [0.2, 0.25) is 0 Å². The number of anilines is 1. The van der Waals surface area contributed by atoms with Crippen molar-refractivity contribution in [3.63, 3.8) is 0 Å². The van der Waals surface area contributed by atoms with Gasteiger partial charge in [-0.15, -0.1) is 5.10 Å². The highest BCUT2D eigenvalue weighted by molar-refractivity contribution is 5.41. The lowest BCUT2D eigenvalue weighted by molar-refractivity contribution is 0.578. The molecule has 1 aromatic carbocycles. The van der Waals surface area contributed by atoms with E-state index in [0.29, 0.717) is 12.1 Å². The molecule has 2 aromatic rings. The highest BCUT2D eigenvalue weighted by Crippen LogP contribution is 2.18. The van der Waals surface area contributed by atoms with Crippen LogP contribution in [0.25, 0.3) is 5.69 Å². The largest absolute Gasteiger partial charge is 0.381 e. The van der Waals surface area contributed by atoms with E-state index in [1.165, 1.54) is 16.8 Å². The van der Waals surface area contributed by atoms with Crippen molar-refractivity contribution in [1.82, 2.24) is 15.0 Å². The Kier molecular flexibility index (Phi) is 3.03. The summed E-state index contributed by atoms with van der Waals surface area (Å²) in [4.78, 5) is 0. The summed E-state index contributed by atoms with van der Waals surface area (Å²) < 4.78 is 27.6. The zero-order valence-electron chi connectivity index (χ0n) is 9.32. The molecule has 4 nitrogen and oxygen atoms in total. The number of benzene rings is 1. The van der Waals surface area contributed by atoms with Gasteiger partial charge < -0.3 is 5.73 Å². The molecule has 0 spiro atoms. The summed E-state index contributed by atoms with van der Waals surface area (Å²) in [6.07, 6.45) is 1.49. The monoisotopic (exact) mass is 238 g/mol. The van der Waals surface area contributed by atoms with Gasteiger partial charge in [0, 0.05) is 6.07 Å². The van der Waals surface area contributed by atoms with E-state index < -0.39 is 11.6 Å². The van der Waals surface area contributed by atoms with E-state index in [1.807, 2.05) is 6.92 Å². The van der Waals surface area contributed by atoms with Gasteiger partial charge >= 0.3 is 0 Å². The summed E-state index contributed by atoms with van der Waals surface area (Å²) in [7, 11) is 0. The molecule has 0 amide bonds. The number of nitrogen functional groups attached to an aromatic ring is 1. The number of aromatic nitrogens is 3. The van der Waals surface area contributed by atoms with Crippen molar-refractivity contribution >= 4 is 5.82 Å². The Morgan fingerprint density at radius 3 is 2.47 bits per heavy atom. The minimum atomic E-state index is -0.656. The highest BCUT2D eigenvalue weighted by Gasteiger charge is 2.12. The molecular weight excluding hydrogens is 226 g/mol. The van der Waals surface area contributed by atoms with Crippen LogP contribution in [0.3, 0.4) is 0 Å². The maximum Gasteiger partial charge on any atom is 0.169 e. The van der Waals surface area contributed by atoms with Crippen LogP contribution in [0.5, 0.6) is 0 Å². The molecule has 0 aliphatic rings. The van der Waals surface area contributed by atoms with Crippen molar-refractivity contribution < 1.29 is 8.78 Å². The maximum absolute atomic E-state index is 13.1. The third-order valence-corrected chi connectivity index (χ3v) is 2.37. The lowest BCUT2D eigenvalue weighted by Crippen LogP contribution is -2.04. The van der Waals surface area contributed by atoms with Gasteiger partial charge in [0.1, 0.15) is 11.6 Å². The van der Waals surface area contributed by atoms with Crippen LogP contribution in [0.15, 0.2) is 18.2 Å². The van der Waals surface area contributed by atoms with Crippen LogP contribution in [-0.2, 0) is 6.42 Å². The predicted molar refractivity (Wildman–Crippen MR) is 59.7 cm³/mol. The van der Waals surface area contributed by atoms with Gasteiger partial charge in [0.25, 0.3) is 0 Å². The van der Waals surface area contributed by atoms with Crippen LogP contribution in [0.4, 0.5) is 14.6 Å². The summed E-state index contributed by atoms with van der Waals surface area (Å²) in [6, 6.07) is 3.19. The van der Waals surface area contributed by atoms with E-state index >= 15 is 0 Å². The molecule has 0 radical (unpaired) electrons. The number of rotatable bonds is 3. The Hall–Kier alpha value is -1.98. The van der Waals surface area contributed by atoms with Crippen LogP contribution in [0.1, 0.15) is 19.0 Å². The van der Waals surface area contributed by atoms with Crippen LogP contribution in [0.2, 0.25) is 0 Å². The zero-order valence-corrected chi connectivity index (χ0v) is 9.32. The smallest absolute Gasteiger partial charge is 0.169 e. The van der Waals surface area contributed by atoms with Crippen molar-refractivity contribution in [3.05, 3.63) is 35.5 Å². The second-order valence-corrected chi connectivity index (χ2v) is 3.71. The van der Waals surface area contributed by atoms with Gasteiger partial charge in [0.05, 0.1) is 11.4 Å². The van der Waals surface area contributed by atoms with E-state index in [1.54, 1.807) is 0 Å². The quantitative estimate of drug-likeness (QED) is 0.890. The summed E-state index contributed by atoms with van der Waals surface area (Å²) in [6.45, 7) is 1.98. The van der Waals surface area contributed by atoms with Crippen molar-refractivity contribution in [3.8, 4) is 5.69 Å². The molecule has 0 bridgehead atoms. The molecule has 1 heterocycles. The fraction of sp³-hybridized carbons (Fsp3) is 0.273. The lowest BCUT2D eigenvalue weighted by atomic mass is 10.2. The van der Waals surface area contributed by atoms with E-state index in [0.717, 1.165) is 12.5 Å². The van der Waals surface area contributed by atoms with Gasteiger partial charge in [-0.1, -0.05) is 18.6 Å². The standard InChI is InChI=1S/C11H12F2N4/c1-2-3-10-11(14)15-16-17(10)9-5-7(12)4-8(13)6-9/h4-6H,2-3,14H2,1H3. The Bertz CT molecular complexity index is 516. The molecule has 0 fully saturated rings. The topological polar surface area (TPSA) is 56.7 Å². The first-order chi connectivity index (χ1) is 8.11. The summed E-state index contributed by atoms with van der Waals surface area (Å²) in [5.41, 5.74) is 6.61. The normalized spacial score (nSPS) is 10.8. The van der Waals surface area contributed by atoms with E-state index in [9.17, 15) is 8.78 Å². The second kappa shape index (κ2) is 4.48. The number of nitrogens with two attached hydrogens (primary N) is 1. The minimum absolute atomic E-state index is 0.287. The molecular formula is C11H12F2N4. The molecule has 0 atom stereocenters. The fourth-order valence-electron chi connectivity index (χ4n) is 1.65. The van der Waals surface area contributed by atoms with Gasteiger partial charge in [-0.2, -0.15) is 0 Å². The van der Waals surface area contributed by atoms with Crippen molar-refractivity contribution in [1.29, 1.82) is 0 Å². The molecule has 17 heavy (non-hydrogen) atoms. The molecule has 0 saturated heterocycles. The highest BCUT2D eigenvalue weighted by atomic mass is 19.1. The molecule has 0 aliphatic heterocycles. The number of nitrogens with zero attached hydrogens (tertiary/aromatic N) is 3. The van der Waals surface area contributed by atoms with Gasteiger partial charge in [-0.3, -0.25) is 0 Å². The summed E-state index contributed by atoms with van der Waals surface area (Å²) in [5, 5.41) is 7.51. The summed E-state index contributed by atoms with van der Waals surface area (Å²) >= 11 is 0. The van der Waals surface area contributed by atoms with Crippen molar-refractivity contribution in [2.24, 2.45) is 0 Å². The van der Waals surface area contributed by atoms with E-state index in [2.05, 4.69) is 10.3 Å². The number of hydrogen-bond donors (Lipinski definition) is 1. The fourth-order valence-corrected chi connectivity index (χ4v) is 1.65. The third kappa shape index (κ3) is 2.25. The predicted octanol–water partition coefficient (Wildman–Crippen LogP) is 2.08. The van der Waals surface area contributed by atoms with E-state index in [4.69, 9.17) is 5.73 Å². The first kappa shape index (κ1) is 11.5. The van der Waals surface area contributed by atoms with Crippen LogP contribution >= 0.6 is 0 Å². The minimum Gasteiger partial charge on any atom is -0.381 e. The van der Waals surface area contributed by atoms with E-state index in [-0.39, 0.29) is 11.5 Å². The maximum atomic E-state index is 13.1. The Morgan fingerprint density at radius 2 is 1.88 bits per heavy atom. The Balaban J connectivity index is 2.52. The second-order valence-electron chi connectivity index (χ2n) is 3.71. The van der Waals surface area contributed by atoms with Gasteiger partial charge in [-0.25, -0.2) is 13.5 Å². The van der Waals surface area contributed by atoms with Gasteiger partial charge in [0.15, 0.2) is 5.82 Å². The summed E-state index contributed by atoms with van der Waals surface area (Å²) in [5.74, 6) is -1.02. The average molecular weight is 238 g/mol. The SMILES string of the molecule is CCCc1c(N)nnn1-c1cc(F)cc(F)c1. The molecule has 90 valence electrons. The Labute approximate surface area is 97.0 Å². The van der Waals surface area contributed by atoms with Gasteiger partial charge in [-0.05, 0) is 18.6 Å². The van der Waals surface area contributed by atoms with Crippen LogP contribution in [0, 0.1) is 11.6 Å². The van der Waals surface area contributed by atoms with Crippen molar-refractivity contribution in [2.75, 3.05) is 5.73 Å². The van der Waals surface area contributed by atoms with Crippen LogP contribution < -0.4 is 5.73 Å². The van der Waals surface area contributed by atoms with Crippen LogP contribution in [-0.4, -0.2) is 15.0 Å². The number of hydrogen-bond acceptors (Lipinski definition) is 3. The zero-order chi connectivity index (χ0) is 12.4. The van der Waals surface area contributed by atoms with Crippen molar-refractivity contribution in [2.45, 2.75) is 19.8 Å². The first-order valence-corrected chi connectivity index (χ1v) is 5.28. The Morgan fingerprint density at radius 1 is 1.24 bits per heavy atom. The number of halogens is 2. The molecule has 6 heteroatoms. The first-order valence-electron chi connectivity index (χ1n) is 5.28. The molecule has 2 rings (SSSR count).